The average molecular weight is 904 g/mol. The third-order valence-corrected chi connectivity index (χ3v) is 12.6. The summed E-state index contributed by atoms with van der Waals surface area (Å²) < 4.78 is 12.4. The molecule has 0 aliphatic carbocycles. The third-order valence-electron chi connectivity index (χ3n) is 12.6. The zero-order valence-corrected chi connectivity index (χ0v) is 40.6. The lowest BCUT2D eigenvalue weighted by molar-refractivity contribution is 0.303. The smallest absolute Gasteiger partial charge is 0.127 e. The number of aryl methyl sites for hydroxylation is 1. The van der Waals surface area contributed by atoms with Crippen LogP contribution in [0.4, 0.5) is 17.1 Å². The molecule has 0 amide bonds. The van der Waals surface area contributed by atoms with Crippen molar-refractivity contribution >= 4 is 53.5 Å². The van der Waals surface area contributed by atoms with E-state index in [0.29, 0.717) is 6.61 Å². The van der Waals surface area contributed by atoms with Gasteiger partial charge in [0.25, 0.3) is 0 Å². The molecule has 0 fully saturated rings. The molecule has 0 aliphatic heterocycles. The molecular formula is C66H65NO2. The van der Waals surface area contributed by atoms with E-state index in [4.69, 9.17) is 9.47 Å². The zero-order valence-electron chi connectivity index (χ0n) is 40.6. The van der Waals surface area contributed by atoms with E-state index in [0.717, 1.165) is 68.4 Å². The maximum atomic E-state index is 6.50. The number of unbranched alkanes of at least 4 members (excludes halogenated alkanes) is 7. The van der Waals surface area contributed by atoms with E-state index >= 15 is 0 Å². The third kappa shape index (κ3) is 13.7. The standard InChI is InChI=1S/C66H65NO2/c1-4-5-6-7-8-9-10-17-48-69-66-50-60(65(68-3)49-61(66)37-30-53-20-15-12-16-21-53)36-31-55-28-34-57(35-29-55)59-40-46-64(47-41-59)67(62-42-22-51(2)23-43-62)63-44-38-58(39-45-63)56-32-26-54(27-33-56)25-24-52-18-13-11-14-19-52/h11-16,18-47,49-50H,4-10,17,48H2,1-3H3. The first kappa shape index (κ1) is 47.9. The van der Waals surface area contributed by atoms with Gasteiger partial charge in [-0.2, -0.15) is 0 Å². The highest BCUT2D eigenvalue weighted by Gasteiger charge is 2.14. The van der Waals surface area contributed by atoms with Crippen molar-refractivity contribution in [2.45, 2.75) is 65.2 Å². The van der Waals surface area contributed by atoms with Crippen LogP contribution in [-0.4, -0.2) is 13.7 Å². The molecule has 0 spiro atoms. The molecule has 0 unspecified atom stereocenters. The van der Waals surface area contributed by atoms with Crippen LogP contribution in [0.15, 0.2) is 194 Å². The maximum Gasteiger partial charge on any atom is 0.127 e. The second-order valence-corrected chi connectivity index (χ2v) is 17.8. The lowest BCUT2D eigenvalue weighted by Gasteiger charge is -2.26. The summed E-state index contributed by atoms with van der Waals surface area (Å²) in [6, 6.07) is 69.0. The molecule has 0 saturated heterocycles. The molecule has 346 valence electrons. The van der Waals surface area contributed by atoms with E-state index in [9.17, 15) is 0 Å². The highest BCUT2D eigenvalue weighted by atomic mass is 16.5. The van der Waals surface area contributed by atoms with Gasteiger partial charge in [-0.15, -0.1) is 0 Å². The van der Waals surface area contributed by atoms with Crippen molar-refractivity contribution in [3.63, 3.8) is 0 Å². The summed E-state index contributed by atoms with van der Waals surface area (Å²) in [6.07, 6.45) is 23.0. The molecule has 8 aromatic rings. The maximum absolute atomic E-state index is 6.50. The highest BCUT2D eigenvalue weighted by Crippen LogP contribution is 2.38. The van der Waals surface area contributed by atoms with Crippen LogP contribution in [0.2, 0.25) is 0 Å². The average Bonchev–Trinajstić information content (AvgIpc) is 3.40. The summed E-state index contributed by atoms with van der Waals surface area (Å²) in [5.74, 6) is 1.68. The number of benzene rings is 8. The Balaban J connectivity index is 0.956. The van der Waals surface area contributed by atoms with Crippen LogP contribution in [0.5, 0.6) is 11.5 Å². The van der Waals surface area contributed by atoms with Crippen molar-refractivity contribution < 1.29 is 9.47 Å². The van der Waals surface area contributed by atoms with Crippen molar-refractivity contribution in [1.29, 1.82) is 0 Å². The number of anilines is 3. The van der Waals surface area contributed by atoms with Crippen LogP contribution in [0.3, 0.4) is 0 Å². The number of ether oxygens (including phenoxy) is 2. The van der Waals surface area contributed by atoms with Crippen LogP contribution < -0.4 is 14.4 Å². The molecule has 8 rings (SSSR count). The molecule has 0 radical (unpaired) electrons. The van der Waals surface area contributed by atoms with Gasteiger partial charge in [0.15, 0.2) is 0 Å². The Morgan fingerprint density at radius 1 is 0.377 bits per heavy atom. The van der Waals surface area contributed by atoms with Gasteiger partial charge in [-0.25, -0.2) is 0 Å². The molecule has 3 heteroatoms. The minimum Gasteiger partial charge on any atom is -0.496 e. The lowest BCUT2D eigenvalue weighted by Crippen LogP contribution is -2.09. The molecule has 8 aromatic carbocycles. The van der Waals surface area contributed by atoms with E-state index in [1.807, 2.05) is 12.1 Å². The SMILES string of the molecule is CCCCCCCCCCOc1cc(C=Cc2ccc(-c3ccc(N(c4ccc(C)cc4)c4ccc(-c5ccc(C=Cc6ccccc6)cc5)cc4)cc3)cc2)c(OC)cc1C=Cc1ccccc1. The Hall–Kier alpha value is -7.62. The van der Waals surface area contributed by atoms with Gasteiger partial charge in [0, 0.05) is 28.2 Å². The minimum atomic E-state index is 0.695. The van der Waals surface area contributed by atoms with Crippen LogP contribution in [0.1, 0.15) is 97.2 Å². The fraction of sp³-hybridized carbons (Fsp3) is 0.182. The largest absolute Gasteiger partial charge is 0.496 e. The second-order valence-electron chi connectivity index (χ2n) is 17.8. The Kier molecular flexibility index (Phi) is 17.3. The van der Waals surface area contributed by atoms with Gasteiger partial charge in [-0.3, -0.25) is 0 Å². The second kappa shape index (κ2) is 24.9. The molecule has 3 nitrogen and oxygen atoms in total. The minimum absolute atomic E-state index is 0.695. The predicted octanol–water partition coefficient (Wildman–Crippen LogP) is 18.8. The van der Waals surface area contributed by atoms with Gasteiger partial charge >= 0.3 is 0 Å². The molecular weight excluding hydrogens is 839 g/mol. The van der Waals surface area contributed by atoms with Crippen molar-refractivity contribution in [2.75, 3.05) is 18.6 Å². The summed E-state index contributed by atoms with van der Waals surface area (Å²) in [5.41, 5.74) is 15.9. The fourth-order valence-corrected chi connectivity index (χ4v) is 8.58. The van der Waals surface area contributed by atoms with Crippen molar-refractivity contribution in [1.82, 2.24) is 0 Å². The first-order valence-corrected chi connectivity index (χ1v) is 24.8. The zero-order chi connectivity index (χ0) is 47.5. The van der Waals surface area contributed by atoms with Gasteiger partial charge in [-0.05, 0) is 106 Å². The van der Waals surface area contributed by atoms with Gasteiger partial charge in [0.05, 0.1) is 13.7 Å². The predicted molar refractivity (Wildman–Crippen MR) is 298 cm³/mol. The lowest BCUT2D eigenvalue weighted by atomic mass is 10.0. The summed E-state index contributed by atoms with van der Waals surface area (Å²) in [7, 11) is 1.74. The summed E-state index contributed by atoms with van der Waals surface area (Å²) >= 11 is 0. The quantitative estimate of drug-likeness (QED) is 0.0500. The van der Waals surface area contributed by atoms with Crippen LogP contribution in [-0.2, 0) is 0 Å². The number of methoxy groups -OCH3 is 1. The number of hydrogen-bond acceptors (Lipinski definition) is 3. The molecule has 0 atom stereocenters. The van der Waals surface area contributed by atoms with Crippen LogP contribution in [0, 0.1) is 6.92 Å². The van der Waals surface area contributed by atoms with Gasteiger partial charge in [0.2, 0.25) is 0 Å². The van der Waals surface area contributed by atoms with Gasteiger partial charge in [0.1, 0.15) is 11.5 Å². The Bertz CT molecular complexity index is 2880. The number of hydrogen-bond donors (Lipinski definition) is 0. The van der Waals surface area contributed by atoms with E-state index in [-0.39, 0.29) is 0 Å². The van der Waals surface area contributed by atoms with E-state index in [1.165, 1.54) is 72.8 Å². The van der Waals surface area contributed by atoms with E-state index in [2.05, 4.69) is 237 Å². The van der Waals surface area contributed by atoms with Crippen molar-refractivity contribution in [3.05, 3.63) is 233 Å². The number of rotatable bonds is 22. The first-order chi connectivity index (χ1) is 34.0. The van der Waals surface area contributed by atoms with E-state index < -0.39 is 0 Å². The molecule has 0 bridgehead atoms. The van der Waals surface area contributed by atoms with Gasteiger partial charge < -0.3 is 14.4 Å². The van der Waals surface area contributed by atoms with Crippen LogP contribution in [0.25, 0.3) is 58.7 Å². The first-order valence-electron chi connectivity index (χ1n) is 24.8. The molecule has 0 saturated carbocycles. The van der Waals surface area contributed by atoms with E-state index in [1.54, 1.807) is 7.11 Å². The number of nitrogens with zero attached hydrogens (tertiary/aromatic N) is 1. The Morgan fingerprint density at radius 2 is 0.739 bits per heavy atom. The molecule has 69 heavy (non-hydrogen) atoms. The van der Waals surface area contributed by atoms with Gasteiger partial charge in [-0.1, -0.05) is 239 Å². The Labute approximate surface area is 411 Å². The summed E-state index contributed by atoms with van der Waals surface area (Å²) in [6.45, 7) is 5.10. The van der Waals surface area contributed by atoms with Crippen molar-refractivity contribution in [3.8, 4) is 33.8 Å². The fourth-order valence-electron chi connectivity index (χ4n) is 8.58. The normalized spacial score (nSPS) is 11.5. The molecule has 0 aromatic heterocycles. The summed E-state index contributed by atoms with van der Waals surface area (Å²) in [5, 5.41) is 0. The summed E-state index contributed by atoms with van der Waals surface area (Å²) in [4.78, 5) is 2.33. The Morgan fingerprint density at radius 3 is 1.19 bits per heavy atom. The topological polar surface area (TPSA) is 21.7 Å². The molecule has 0 aliphatic rings. The van der Waals surface area contributed by atoms with Crippen LogP contribution >= 0.6 is 0 Å². The molecule has 0 N–H and O–H groups in total. The van der Waals surface area contributed by atoms with Crippen molar-refractivity contribution in [2.24, 2.45) is 0 Å². The monoisotopic (exact) mass is 904 g/mol. The molecule has 0 heterocycles. The highest BCUT2D eigenvalue weighted by molar-refractivity contribution is 5.82.